The molecule has 0 aliphatic heterocycles. The molecule has 0 spiro atoms. The maximum Gasteiger partial charge on any atom is 0.228 e. The molecule has 2 rings (SSSR count). The van der Waals surface area contributed by atoms with Gasteiger partial charge in [-0.1, -0.05) is 49.4 Å². The van der Waals surface area contributed by atoms with Gasteiger partial charge in [0, 0.05) is 18.2 Å². The van der Waals surface area contributed by atoms with E-state index in [4.69, 9.17) is 0 Å². The Morgan fingerprint density at radius 1 is 1.00 bits per heavy atom. The number of rotatable bonds is 8. The zero-order valence-electron chi connectivity index (χ0n) is 14.5. The Bertz CT molecular complexity index is 804. The third-order valence-corrected chi connectivity index (χ3v) is 5.31. The maximum absolute atomic E-state index is 12.4. The van der Waals surface area contributed by atoms with E-state index < -0.39 is 9.84 Å². The van der Waals surface area contributed by atoms with Crippen molar-refractivity contribution in [3.63, 3.8) is 0 Å². The Morgan fingerprint density at radius 3 is 2.32 bits per heavy atom. The molecule has 0 bridgehead atoms. The fraction of sp³-hybridized carbons (Fsp3) is 0.316. The first-order chi connectivity index (χ1) is 11.9. The minimum atomic E-state index is -3.28. The number of hydrogen-bond donors (Lipinski definition) is 2. The van der Waals surface area contributed by atoms with E-state index in [1.165, 1.54) is 0 Å². The SMILES string of the molecule is CNCC(C)C(=O)Nc1cccc(CS(=O)(=O)Cc2ccccc2)c1. The highest BCUT2D eigenvalue weighted by Gasteiger charge is 2.15. The van der Waals surface area contributed by atoms with Gasteiger partial charge in [-0.2, -0.15) is 0 Å². The molecule has 25 heavy (non-hydrogen) atoms. The number of anilines is 1. The molecule has 0 saturated carbocycles. The Hall–Kier alpha value is -2.18. The summed E-state index contributed by atoms with van der Waals surface area (Å²) in [6, 6.07) is 16.1. The van der Waals surface area contributed by atoms with E-state index in [9.17, 15) is 13.2 Å². The van der Waals surface area contributed by atoms with Gasteiger partial charge in [-0.25, -0.2) is 8.42 Å². The van der Waals surface area contributed by atoms with Crippen LogP contribution in [0, 0.1) is 5.92 Å². The van der Waals surface area contributed by atoms with Crippen molar-refractivity contribution in [1.82, 2.24) is 5.32 Å². The quantitative estimate of drug-likeness (QED) is 0.759. The number of benzene rings is 2. The summed E-state index contributed by atoms with van der Waals surface area (Å²) in [6.45, 7) is 2.41. The van der Waals surface area contributed by atoms with Crippen molar-refractivity contribution in [2.24, 2.45) is 5.92 Å². The molecule has 0 saturated heterocycles. The molecule has 0 fully saturated rings. The molecule has 0 heterocycles. The van der Waals surface area contributed by atoms with Gasteiger partial charge in [0.15, 0.2) is 9.84 Å². The van der Waals surface area contributed by atoms with E-state index in [0.717, 1.165) is 5.56 Å². The van der Waals surface area contributed by atoms with Crippen LogP contribution in [0.1, 0.15) is 18.1 Å². The van der Waals surface area contributed by atoms with Crippen molar-refractivity contribution in [3.8, 4) is 0 Å². The Balaban J connectivity index is 2.04. The number of carbonyl (C=O) groups excluding carboxylic acids is 1. The van der Waals surface area contributed by atoms with E-state index >= 15 is 0 Å². The third-order valence-electron chi connectivity index (χ3n) is 3.77. The largest absolute Gasteiger partial charge is 0.326 e. The molecule has 134 valence electrons. The van der Waals surface area contributed by atoms with Crippen LogP contribution >= 0.6 is 0 Å². The number of nitrogens with one attached hydrogen (secondary N) is 2. The molecule has 1 amide bonds. The first-order valence-electron chi connectivity index (χ1n) is 8.18. The van der Waals surface area contributed by atoms with Gasteiger partial charge in [0.05, 0.1) is 11.5 Å². The molecular formula is C19H24N2O3S. The van der Waals surface area contributed by atoms with Gasteiger partial charge in [0.25, 0.3) is 0 Å². The normalized spacial score (nSPS) is 12.6. The van der Waals surface area contributed by atoms with E-state index in [1.807, 2.05) is 25.1 Å². The van der Waals surface area contributed by atoms with Crippen molar-refractivity contribution in [3.05, 3.63) is 65.7 Å². The van der Waals surface area contributed by atoms with E-state index in [-0.39, 0.29) is 23.3 Å². The number of carbonyl (C=O) groups is 1. The fourth-order valence-electron chi connectivity index (χ4n) is 2.54. The first kappa shape index (κ1) is 19.1. The summed E-state index contributed by atoms with van der Waals surface area (Å²) in [5.41, 5.74) is 2.04. The number of hydrogen-bond acceptors (Lipinski definition) is 4. The van der Waals surface area contributed by atoms with Crippen molar-refractivity contribution in [2.75, 3.05) is 18.9 Å². The van der Waals surface area contributed by atoms with E-state index in [0.29, 0.717) is 17.8 Å². The highest BCUT2D eigenvalue weighted by molar-refractivity contribution is 7.89. The predicted molar refractivity (Wildman–Crippen MR) is 101 cm³/mol. The Kier molecular flexibility index (Phi) is 6.73. The smallest absolute Gasteiger partial charge is 0.228 e. The zero-order valence-corrected chi connectivity index (χ0v) is 15.3. The molecule has 0 radical (unpaired) electrons. The lowest BCUT2D eigenvalue weighted by Crippen LogP contribution is -2.28. The van der Waals surface area contributed by atoms with Crippen LogP contribution in [-0.4, -0.2) is 27.9 Å². The summed E-state index contributed by atoms with van der Waals surface area (Å²) in [5.74, 6) is -0.324. The molecule has 2 N–H and O–H groups in total. The van der Waals surface area contributed by atoms with Crippen LogP contribution in [-0.2, 0) is 26.1 Å². The predicted octanol–water partition coefficient (Wildman–Crippen LogP) is 2.60. The maximum atomic E-state index is 12.4. The third kappa shape index (κ3) is 6.32. The highest BCUT2D eigenvalue weighted by Crippen LogP contribution is 2.17. The van der Waals surface area contributed by atoms with Gasteiger partial charge in [-0.3, -0.25) is 4.79 Å². The van der Waals surface area contributed by atoms with Crippen molar-refractivity contribution in [1.29, 1.82) is 0 Å². The summed E-state index contributed by atoms with van der Waals surface area (Å²) in [7, 11) is -1.49. The Morgan fingerprint density at radius 2 is 1.64 bits per heavy atom. The second kappa shape index (κ2) is 8.78. The summed E-state index contributed by atoms with van der Waals surface area (Å²) < 4.78 is 24.8. The summed E-state index contributed by atoms with van der Waals surface area (Å²) in [5, 5.41) is 5.79. The van der Waals surface area contributed by atoms with Gasteiger partial charge in [0.2, 0.25) is 5.91 Å². The van der Waals surface area contributed by atoms with E-state index in [2.05, 4.69) is 10.6 Å². The number of sulfone groups is 1. The fourth-order valence-corrected chi connectivity index (χ4v) is 4.03. The van der Waals surface area contributed by atoms with Crippen LogP contribution in [0.25, 0.3) is 0 Å². The van der Waals surface area contributed by atoms with Gasteiger partial charge < -0.3 is 10.6 Å². The lowest BCUT2D eigenvalue weighted by atomic mass is 10.1. The summed E-state index contributed by atoms with van der Waals surface area (Å²) >= 11 is 0. The molecule has 0 aliphatic rings. The second-order valence-electron chi connectivity index (χ2n) is 6.17. The topological polar surface area (TPSA) is 75.3 Å². The van der Waals surface area contributed by atoms with Crippen LogP contribution in [0.3, 0.4) is 0 Å². The highest BCUT2D eigenvalue weighted by atomic mass is 32.2. The molecule has 0 aromatic heterocycles. The van der Waals surface area contributed by atoms with Crippen LogP contribution in [0.5, 0.6) is 0 Å². The molecular weight excluding hydrogens is 336 g/mol. The molecule has 6 heteroatoms. The van der Waals surface area contributed by atoms with Crippen LogP contribution < -0.4 is 10.6 Å². The molecule has 2 aromatic rings. The first-order valence-corrected chi connectivity index (χ1v) is 10.0. The average molecular weight is 360 g/mol. The molecule has 5 nitrogen and oxygen atoms in total. The van der Waals surface area contributed by atoms with Crippen LogP contribution in [0.15, 0.2) is 54.6 Å². The summed E-state index contributed by atoms with van der Waals surface area (Å²) in [4.78, 5) is 12.1. The van der Waals surface area contributed by atoms with Crippen molar-refractivity contribution < 1.29 is 13.2 Å². The minimum Gasteiger partial charge on any atom is -0.326 e. The van der Waals surface area contributed by atoms with Gasteiger partial charge in [-0.15, -0.1) is 0 Å². The lowest BCUT2D eigenvalue weighted by molar-refractivity contribution is -0.119. The van der Waals surface area contributed by atoms with Crippen molar-refractivity contribution in [2.45, 2.75) is 18.4 Å². The minimum absolute atomic E-state index is 0.00360. The second-order valence-corrected chi connectivity index (χ2v) is 8.23. The van der Waals surface area contributed by atoms with Gasteiger partial charge in [0.1, 0.15) is 0 Å². The van der Waals surface area contributed by atoms with Crippen molar-refractivity contribution >= 4 is 21.4 Å². The van der Waals surface area contributed by atoms with Gasteiger partial charge >= 0.3 is 0 Å². The zero-order chi connectivity index (χ0) is 18.3. The average Bonchev–Trinajstić information content (AvgIpc) is 2.55. The van der Waals surface area contributed by atoms with Crippen LogP contribution in [0.4, 0.5) is 5.69 Å². The monoisotopic (exact) mass is 360 g/mol. The van der Waals surface area contributed by atoms with E-state index in [1.54, 1.807) is 43.4 Å². The van der Waals surface area contributed by atoms with Gasteiger partial charge in [-0.05, 0) is 30.3 Å². The Labute approximate surface area is 149 Å². The molecule has 0 aliphatic carbocycles. The standard InChI is InChI=1S/C19H24N2O3S/c1-15(12-20-2)19(22)21-18-10-6-9-17(11-18)14-25(23,24)13-16-7-4-3-5-8-16/h3-11,15,20H,12-14H2,1-2H3,(H,21,22). The summed E-state index contributed by atoms with van der Waals surface area (Å²) in [6.07, 6.45) is 0. The number of amides is 1. The molecule has 1 unspecified atom stereocenters. The lowest BCUT2D eigenvalue weighted by Gasteiger charge is -2.12. The van der Waals surface area contributed by atoms with Crippen LogP contribution in [0.2, 0.25) is 0 Å². The molecule has 2 aromatic carbocycles. The molecule has 1 atom stereocenters.